The lowest BCUT2D eigenvalue weighted by atomic mass is 9.96. The maximum Gasteiger partial charge on any atom is 0.254 e. The maximum atomic E-state index is 13.3. The molecule has 7 nitrogen and oxygen atoms in total. The molecule has 2 N–H and O–H groups in total. The van der Waals surface area contributed by atoms with E-state index in [1.165, 1.54) is 5.56 Å². The Morgan fingerprint density at radius 3 is 2.84 bits per heavy atom. The summed E-state index contributed by atoms with van der Waals surface area (Å²) in [5, 5.41) is 7.27. The van der Waals surface area contributed by atoms with Crippen molar-refractivity contribution in [2.75, 3.05) is 45.8 Å². The number of carbonyl (C=O) groups excluding carboxylic acids is 1. The number of amidine groups is 1. The predicted molar refractivity (Wildman–Crippen MR) is 122 cm³/mol. The number of fused-ring (bicyclic) bond motifs is 1. The summed E-state index contributed by atoms with van der Waals surface area (Å²) < 4.78 is 10.5. The second-order valence-electron chi connectivity index (χ2n) is 8.10. The normalized spacial score (nSPS) is 21.6. The molecule has 0 aromatic heterocycles. The third kappa shape index (κ3) is 4.29. The van der Waals surface area contributed by atoms with Gasteiger partial charge in [-0.05, 0) is 48.7 Å². The summed E-state index contributed by atoms with van der Waals surface area (Å²) in [5.74, 6) is 1.67. The highest BCUT2D eigenvalue weighted by Crippen LogP contribution is 2.31. The van der Waals surface area contributed by atoms with Gasteiger partial charge in [0.15, 0.2) is 0 Å². The molecule has 4 rings (SSSR count). The van der Waals surface area contributed by atoms with Crippen molar-refractivity contribution >= 4 is 17.4 Å². The number of para-hydroxylation sites is 1. The molecule has 7 heteroatoms. The van der Waals surface area contributed by atoms with Crippen LogP contribution in [0.25, 0.3) is 0 Å². The summed E-state index contributed by atoms with van der Waals surface area (Å²) in [6, 6.07) is 13.8. The highest BCUT2D eigenvalue weighted by atomic mass is 16.5. The fourth-order valence-corrected chi connectivity index (χ4v) is 4.33. The number of hydrogen-bond acceptors (Lipinski definition) is 5. The van der Waals surface area contributed by atoms with Crippen molar-refractivity contribution in [2.45, 2.75) is 25.4 Å². The smallest absolute Gasteiger partial charge is 0.254 e. The van der Waals surface area contributed by atoms with Gasteiger partial charge in [0.1, 0.15) is 11.6 Å². The van der Waals surface area contributed by atoms with Gasteiger partial charge in [0, 0.05) is 38.0 Å². The van der Waals surface area contributed by atoms with Crippen molar-refractivity contribution in [1.29, 1.82) is 0 Å². The van der Waals surface area contributed by atoms with E-state index in [1.54, 1.807) is 14.2 Å². The molecule has 2 aromatic rings. The van der Waals surface area contributed by atoms with Gasteiger partial charge < -0.3 is 19.7 Å². The highest BCUT2D eigenvalue weighted by molar-refractivity contribution is 6.05. The number of aryl methyl sites for hydroxylation is 1. The minimum absolute atomic E-state index is 0.0387. The third-order valence-corrected chi connectivity index (χ3v) is 6.13. The molecule has 2 aliphatic rings. The Balaban J connectivity index is 1.60. The van der Waals surface area contributed by atoms with Crippen LogP contribution in [-0.4, -0.2) is 62.6 Å². The zero-order valence-electron chi connectivity index (χ0n) is 18.4. The molecule has 2 aromatic carbocycles. The van der Waals surface area contributed by atoms with Crippen LogP contribution in [0.3, 0.4) is 0 Å². The Hall–Kier alpha value is -2.90. The number of hydrogen-bond donors (Lipinski definition) is 2. The first-order chi connectivity index (χ1) is 15.1. The summed E-state index contributed by atoms with van der Waals surface area (Å²) in [6.07, 6.45) is 0.792. The largest absolute Gasteiger partial charge is 0.497 e. The van der Waals surface area contributed by atoms with E-state index in [4.69, 9.17) is 14.5 Å². The van der Waals surface area contributed by atoms with Gasteiger partial charge >= 0.3 is 0 Å². The van der Waals surface area contributed by atoms with Gasteiger partial charge in [0.2, 0.25) is 0 Å². The first-order valence-electron chi connectivity index (χ1n) is 10.6. The average Bonchev–Trinajstić information content (AvgIpc) is 3.16. The van der Waals surface area contributed by atoms with Gasteiger partial charge in [0.05, 0.1) is 25.8 Å². The van der Waals surface area contributed by atoms with Gasteiger partial charge in [-0.15, -0.1) is 0 Å². The first-order valence-corrected chi connectivity index (χ1v) is 10.6. The van der Waals surface area contributed by atoms with E-state index in [-0.39, 0.29) is 5.91 Å². The molecule has 0 saturated carbocycles. The molecule has 0 bridgehead atoms. The van der Waals surface area contributed by atoms with Crippen LogP contribution < -0.4 is 15.4 Å². The third-order valence-electron chi connectivity index (χ3n) is 6.13. The first kappa shape index (κ1) is 21.3. The molecule has 2 aliphatic heterocycles. The molecular formula is C24H30N4O3. The summed E-state index contributed by atoms with van der Waals surface area (Å²) in [7, 11) is 3.31. The zero-order valence-corrected chi connectivity index (χ0v) is 18.4. The van der Waals surface area contributed by atoms with Crippen LogP contribution in [-0.2, 0) is 11.3 Å². The number of nitrogens with zero attached hydrogens (tertiary/aromatic N) is 2. The zero-order chi connectivity index (χ0) is 21.8. The lowest BCUT2D eigenvalue weighted by Gasteiger charge is -2.30. The summed E-state index contributed by atoms with van der Waals surface area (Å²) in [5.41, 5.74) is 3.45. The van der Waals surface area contributed by atoms with Crippen LogP contribution in [0.4, 0.5) is 5.69 Å². The topological polar surface area (TPSA) is 75.2 Å². The number of methoxy groups -OCH3 is 2. The molecule has 2 heterocycles. The molecule has 1 saturated heterocycles. The number of amides is 1. The average molecular weight is 423 g/mol. The molecule has 0 radical (unpaired) electrons. The predicted octanol–water partition coefficient (Wildman–Crippen LogP) is 2.85. The number of ether oxygens (including phenoxy) is 2. The van der Waals surface area contributed by atoms with E-state index in [2.05, 4.69) is 22.8 Å². The van der Waals surface area contributed by atoms with Crippen LogP contribution in [0.15, 0.2) is 47.5 Å². The molecule has 1 amide bonds. The Morgan fingerprint density at radius 2 is 2.06 bits per heavy atom. The van der Waals surface area contributed by atoms with Crippen LogP contribution >= 0.6 is 0 Å². The van der Waals surface area contributed by atoms with Gasteiger partial charge in [-0.3, -0.25) is 15.1 Å². The van der Waals surface area contributed by atoms with E-state index in [1.807, 2.05) is 42.2 Å². The number of carbonyl (C=O) groups is 1. The van der Waals surface area contributed by atoms with Crippen LogP contribution in [0, 0.1) is 6.92 Å². The van der Waals surface area contributed by atoms with Crippen molar-refractivity contribution in [1.82, 2.24) is 10.2 Å². The molecule has 31 heavy (non-hydrogen) atoms. The monoisotopic (exact) mass is 422 g/mol. The lowest BCUT2D eigenvalue weighted by molar-refractivity contribution is 0.0785. The number of likely N-dealkylation sites (tertiary alicyclic amines) is 1. The maximum absolute atomic E-state index is 13.3. The van der Waals surface area contributed by atoms with Crippen molar-refractivity contribution in [3.63, 3.8) is 0 Å². The van der Waals surface area contributed by atoms with Gasteiger partial charge in [-0.2, -0.15) is 0 Å². The van der Waals surface area contributed by atoms with E-state index < -0.39 is 5.54 Å². The molecular weight excluding hydrogens is 392 g/mol. The van der Waals surface area contributed by atoms with Crippen LogP contribution in [0.2, 0.25) is 0 Å². The Kier molecular flexibility index (Phi) is 6.25. The number of rotatable bonds is 5. The minimum atomic E-state index is -0.414. The summed E-state index contributed by atoms with van der Waals surface area (Å²) in [4.78, 5) is 20.1. The van der Waals surface area contributed by atoms with Gasteiger partial charge in [-0.1, -0.05) is 18.2 Å². The molecule has 164 valence electrons. The highest BCUT2D eigenvalue weighted by Gasteiger charge is 2.45. The lowest BCUT2D eigenvalue weighted by Crippen LogP contribution is -2.55. The molecule has 1 unspecified atom stereocenters. The number of nitrogens with one attached hydrogen (secondary N) is 2. The Bertz CT molecular complexity index is 991. The second kappa shape index (κ2) is 9.08. The SMILES string of the molecule is COCCN=C1Nc2ccccc2CNC12CCN(C(=O)c1ccc(OC)cc1C)C2. The number of benzene rings is 2. The Morgan fingerprint density at radius 1 is 1.23 bits per heavy atom. The number of aliphatic imine (C=N–C) groups is 1. The van der Waals surface area contributed by atoms with Crippen molar-refractivity contribution in [2.24, 2.45) is 4.99 Å². The molecule has 1 spiro atoms. The van der Waals surface area contributed by atoms with Gasteiger partial charge in [-0.25, -0.2) is 0 Å². The van der Waals surface area contributed by atoms with E-state index in [0.717, 1.165) is 35.8 Å². The quantitative estimate of drug-likeness (QED) is 0.725. The van der Waals surface area contributed by atoms with E-state index in [9.17, 15) is 4.79 Å². The van der Waals surface area contributed by atoms with Gasteiger partial charge in [0.25, 0.3) is 5.91 Å². The minimum Gasteiger partial charge on any atom is -0.497 e. The standard InChI is InChI=1S/C24H30N4O3/c1-17-14-19(31-3)8-9-20(17)22(29)28-12-10-24(16-28)23(25-11-13-30-2)27-21-7-5-4-6-18(21)15-26-24/h4-9,14,26H,10-13,15-16H2,1-3H3,(H,25,27). The number of anilines is 1. The van der Waals surface area contributed by atoms with Crippen molar-refractivity contribution < 1.29 is 14.3 Å². The molecule has 1 atom stereocenters. The summed E-state index contributed by atoms with van der Waals surface area (Å²) >= 11 is 0. The van der Waals surface area contributed by atoms with E-state index in [0.29, 0.717) is 31.8 Å². The van der Waals surface area contributed by atoms with Crippen LogP contribution in [0.5, 0.6) is 5.75 Å². The summed E-state index contributed by atoms with van der Waals surface area (Å²) in [6.45, 7) is 5.01. The molecule has 0 aliphatic carbocycles. The fourth-order valence-electron chi connectivity index (χ4n) is 4.33. The van der Waals surface area contributed by atoms with Crippen molar-refractivity contribution in [3.05, 3.63) is 59.2 Å². The van der Waals surface area contributed by atoms with Crippen LogP contribution in [0.1, 0.15) is 27.9 Å². The van der Waals surface area contributed by atoms with Crippen molar-refractivity contribution in [3.8, 4) is 5.75 Å². The van der Waals surface area contributed by atoms with E-state index >= 15 is 0 Å². The fraction of sp³-hybridized carbons (Fsp3) is 0.417. The Labute approximate surface area is 183 Å². The molecule has 1 fully saturated rings. The second-order valence-corrected chi connectivity index (χ2v) is 8.10.